The maximum absolute atomic E-state index is 6.48. The predicted octanol–water partition coefficient (Wildman–Crippen LogP) is 5.20. The summed E-state index contributed by atoms with van der Waals surface area (Å²) in [6.45, 7) is 11.1. The van der Waals surface area contributed by atoms with Crippen LogP contribution in [0, 0.1) is 0 Å². The van der Waals surface area contributed by atoms with E-state index in [0.717, 1.165) is 0 Å². The highest BCUT2D eigenvalue weighted by atomic mass is 35.5. The number of hydrogen-bond acceptors (Lipinski definition) is 6. The van der Waals surface area contributed by atoms with E-state index < -0.39 is 51.4 Å². The summed E-state index contributed by atoms with van der Waals surface area (Å²) >= 11 is 37.9. The van der Waals surface area contributed by atoms with Crippen molar-refractivity contribution < 1.29 is 24.7 Å². The Kier molecular flexibility index (Phi) is 12.0. The Bertz CT molecular complexity index is 446. The van der Waals surface area contributed by atoms with Crippen molar-refractivity contribution in [2.45, 2.75) is 39.3 Å². The van der Waals surface area contributed by atoms with Crippen molar-refractivity contribution in [1.82, 2.24) is 0 Å². The Hall–Kier alpha value is 2.80. The highest BCUT2D eigenvalue weighted by molar-refractivity contribution is 6.99. The molecule has 1 rings (SSSR count). The van der Waals surface area contributed by atoms with Crippen LogP contribution in [0.2, 0.25) is 39.3 Å². The summed E-state index contributed by atoms with van der Waals surface area (Å²) in [4.78, 5) is 0. The first-order valence-corrected chi connectivity index (χ1v) is 27.5. The lowest BCUT2D eigenvalue weighted by Gasteiger charge is -2.48. The van der Waals surface area contributed by atoms with E-state index in [1.54, 1.807) is 0 Å². The maximum Gasteiger partial charge on any atom is 0.332 e. The quantitative estimate of drug-likeness (QED) is 0.291. The molecule has 1 aliphatic heterocycles. The van der Waals surface area contributed by atoms with Crippen LogP contribution in [0.15, 0.2) is 0 Å². The molecule has 0 amide bonds. The molecule has 0 aliphatic carbocycles. The monoisotopic (exact) mass is 648 g/mol. The van der Waals surface area contributed by atoms with Crippen LogP contribution in [0.4, 0.5) is 0 Å². The number of hydrogen-bond donors (Lipinski definition) is 0. The third-order valence-corrected chi connectivity index (χ3v) is 36.4. The van der Waals surface area contributed by atoms with Crippen molar-refractivity contribution in [3.63, 3.8) is 0 Å². The molecule has 0 N–H and O–H groups in total. The third kappa shape index (κ3) is 8.48. The molecule has 1 aliphatic rings. The average molecular weight is 652 g/mol. The number of rotatable bonds is 6. The molecule has 1 heterocycles. The lowest BCUT2D eigenvalue weighted by Crippen LogP contribution is -2.70. The first-order valence-electron chi connectivity index (χ1n) is 9.17. The molecule has 1 fully saturated rings. The molecule has 0 aromatic rings. The molecule has 6 nitrogen and oxygen atoms in total. The minimum Gasteiger partial charge on any atom is -0.414 e. The Morgan fingerprint density at radius 3 is 0.500 bits per heavy atom. The second kappa shape index (κ2) is 11.7. The smallest absolute Gasteiger partial charge is 0.332 e. The van der Waals surface area contributed by atoms with Gasteiger partial charge in [-0.15, -0.1) is 69.6 Å². The van der Waals surface area contributed by atoms with Gasteiger partial charge < -0.3 is 24.7 Å². The van der Waals surface area contributed by atoms with Crippen LogP contribution in [0.25, 0.3) is 0 Å². The van der Waals surface area contributed by atoms with Gasteiger partial charge >= 0.3 is 51.4 Å². The topological polar surface area (TPSA) is 55.4 Å². The fourth-order valence-electron chi connectivity index (χ4n) is 3.19. The molecule has 30 heavy (non-hydrogen) atoms. The van der Waals surface area contributed by atoms with Gasteiger partial charge in [-0.3, -0.25) is 0 Å². The summed E-state index contributed by atoms with van der Waals surface area (Å²) in [5.74, 6) is 0. The van der Waals surface area contributed by atoms with Gasteiger partial charge in [0, 0.05) is 0 Å². The van der Waals surface area contributed by atoms with E-state index in [2.05, 4.69) is 0 Å². The van der Waals surface area contributed by atoms with Gasteiger partial charge in [0.15, 0.2) is 0 Å². The highest BCUT2D eigenvalue weighted by Crippen LogP contribution is 2.33. The van der Waals surface area contributed by atoms with Crippen molar-refractivity contribution in [2.75, 3.05) is 33.0 Å². The van der Waals surface area contributed by atoms with Gasteiger partial charge in [-0.25, -0.2) is 0 Å². The molecular formula is C12H30Cl6O6Si6. The summed E-state index contributed by atoms with van der Waals surface area (Å²) < 4.78 is 38.9. The van der Waals surface area contributed by atoms with Crippen molar-refractivity contribution in [2.24, 2.45) is 0 Å². The highest BCUT2D eigenvalue weighted by Gasteiger charge is 2.57. The van der Waals surface area contributed by atoms with Gasteiger partial charge in [0.05, 0.1) is 33.0 Å². The van der Waals surface area contributed by atoms with E-state index >= 15 is 0 Å². The second-order valence-corrected chi connectivity index (χ2v) is 33.1. The summed E-state index contributed by atoms with van der Waals surface area (Å²) in [5, 5.41) is 0. The van der Waals surface area contributed by atoms with Gasteiger partial charge in [0.25, 0.3) is 0 Å². The van der Waals surface area contributed by atoms with Crippen molar-refractivity contribution >= 4 is 121 Å². The molecule has 0 unspecified atom stereocenters. The van der Waals surface area contributed by atoms with Gasteiger partial charge in [-0.1, -0.05) is 0 Å². The Morgan fingerprint density at radius 2 is 0.433 bits per heavy atom. The van der Waals surface area contributed by atoms with E-state index in [9.17, 15) is 0 Å². The molecule has 1 saturated heterocycles. The second-order valence-electron chi connectivity index (χ2n) is 8.22. The van der Waals surface area contributed by atoms with E-state index in [4.69, 9.17) is 94.3 Å². The van der Waals surface area contributed by atoms with Gasteiger partial charge in [0.1, 0.15) is 0 Å². The van der Waals surface area contributed by atoms with Crippen molar-refractivity contribution in [3.05, 3.63) is 0 Å². The van der Waals surface area contributed by atoms with Crippen LogP contribution >= 0.6 is 69.6 Å². The molecule has 0 aromatic heterocycles. The molecule has 0 saturated carbocycles. The zero-order chi connectivity index (χ0) is 23.5. The fraction of sp³-hybridized carbons (Fsp3) is 1.00. The standard InChI is InChI=1S/C12H30Cl6O6Si6/c1-25(7-13)19-26(2,8-14)21-28(4,10-16)23-30(6,12-18)24-29(5,11-17)22-27(3,9-15)20-25/h7-12H2,1-6H3. The van der Waals surface area contributed by atoms with Gasteiger partial charge in [0.2, 0.25) is 0 Å². The lowest BCUT2D eigenvalue weighted by molar-refractivity contribution is 0.236. The Morgan fingerprint density at radius 1 is 0.333 bits per heavy atom. The minimum absolute atomic E-state index is 0.146. The van der Waals surface area contributed by atoms with Crippen LogP contribution in [0.5, 0.6) is 0 Å². The summed E-state index contributed by atoms with van der Waals surface area (Å²) in [7, 11) is -17.9. The summed E-state index contributed by atoms with van der Waals surface area (Å²) in [5.41, 5.74) is 0.874. The molecular weight excluding hydrogens is 621 g/mol. The zero-order valence-corrected chi connectivity index (χ0v) is 28.5. The summed E-state index contributed by atoms with van der Waals surface area (Å²) in [6, 6.07) is 0. The number of alkyl halides is 6. The zero-order valence-electron chi connectivity index (χ0n) is 18.0. The molecule has 0 bridgehead atoms. The fourth-order valence-corrected chi connectivity index (χ4v) is 36.9. The van der Waals surface area contributed by atoms with Crippen LogP contribution < -0.4 is 0 Å². The molecule has 0 aromatic carbocycles. The Balaban J connectivity index is 3.59. The maximum atomic E-state index is 6.48. The van der Waals surface area contributed by atoms with E-state index in [0.29, 0.717) is 0 Å². The largest absolute Gasteiger partial charge is 0.414 e. The van der Waals surface area contributed by atoms with E-state index in [1.165, 1.54) is 0 Å². The third-order valence-electron chi connectivity index (χ3n) is 4.05. The molecule has 180 valence electrons. The molecule has 0 spiro atoms. The van der Waals surface area contributed by atoms with E-state index in [-0.39, 0.29) is 33.0 Å². The Labute approximate surface area is 216 Å². The van der Waals surface area contributed by atoms with Crippen LogP contribution in [-0.4, -0.2) is 84.4 Å². The predicted molar refractivity (Wildman–Crippen MR) is 141 cm³/mol. The van der Waals surface area contributed by atoms with Gasteiger partial charge in [-0.2, -0.15) is 0 Å². The average Bonchev–Trinajstić information content (AvgIpc) is 2.66. The molecule has 18 heteroatoms. The van der Waals surface area contributed by atoms with E-state index in [1.807, 2.05) is 39.3 Å². The van der Waals surface area contributed by atoms with Gasteiger partial charge in [-0.05, 0) is 39.3 Å². The van der Waals surface area contributed by atoms with Crippen molar-refractivity contribution in [1.29, 1.82) is 0 Å². The van der Waals surface area contributed by atoms with Crippen LogP contribution in [0.3, 0.4) is 0 Å². The summed E-state index contributed by atoms with van der Waals surface area (Å²) in [6.07, 6.45) is 0. The first-order chi connectivity index (χ1) is 13.6. The van der Waals surface area contributed by atoms with Crippen LogP contribution in [-0.2, 0) is 24.7 Å². The lowest BCUT2D eigenvalue weighted by atomic mass is 11.9. The van der Waals surface area contributed by atoms with Crippen molar-refractivity contribution in [3.8, 4) is 0 Å². The minimum atomic E-state index is -2.99. The number of halogens is 6. The molecule has 0 atom stereocenters. The first kappa shape index (κ1) is 30.8. The normalized spacial score (nSPS) is 46.8. The van der Waals surface area contributed by atoms with Crippen LogP contribution in [0.1, 0.15) is 0 Å². The SMILES string of the molecule is C[Si]1(CCl)O[Si](C)(CCl)O[Si](C)(CCl)O[Si](C)(CCl)O[Si](C)(CCl)O[Si](C)(CCl)O1. The molecule has 0 radical (unpaired) electrons.